The fourth-order valence-corrected chi connectivity index (χ4v) is 2.07. The van der Waals surface area contributed by atoms with E-state index in [0.717, 1.165) is 29.8 Å². The summed E-state index contributed by atoms with van der Waals surface area (Å²) < 4.78 is 1.89. The van der Waals surface area contributed by atoms with Crippen LogP contribution in [-0.2, 0) is 6.54 Å². The molecule has 0 radical (unpaired) electrons. The van der Waals surface area contributed by atoms with Crippen LogP contribution in [0.15, 0.2) is 24.3 Å². The van der Waals surface area contributed by atoms with E-state index in [9.17, 15) is 5.11 Å². The monoisotopic (exact) mass is 230 g/mol. The summed E-state index contributed by atoms with van der Waals surface area (Å²) in [4.78, 5) is 0. The molecule has 3 nitrogen and oxygen atoms in total. The maximum Gasteiger partial charge on any atom is 0.233 e. The lowest BCUT2D eigenvalue weighted by molar-refractivity contribution is 0.434. The van der Waals surface area contributed by atoms with Crippen LogP contribution in [-0.4, -0.2) is 14.9 Å². The van der Waals surface area contributed by atoms with E-state index in [2.05, 4.69) is 37.1 Å². The molecule has 1 aromatic carbocycles. The molecule has 2 rings (SSSR count). The molecule has 17 heavy (non-hydrogen) atoms. The van der Waals surface area contributed by atoms with Crippen LogP contribution in [0, 0.1) is 13.8 Å². The minimum Gasteiger partial charge on any atom is -0.492 e. The third-order valence-electron chi connectivity index (χ3n) is 2.89. The molecule has 0 fully saturated rings. The molecular weight excluding hydrogens is 212 g/mol. The van der Waals surface area contributed by atoms with Gasteiger partial charge >= 0.3 is 0 Å². The standard InChI is InChI=1S/C14H18N2O/c1-4-8-16-13(11(3)14(17)15-16)12-7-5-6-10(2)9-12/h5-7,9H,4,8H2,1-3H3,(H,15,17). The molecule has 0 saturated carbocycles. The summed E-state index contributed by atoms with van der Waals surface area (Å²) in [6.07, 6.45) is 0.999. The normalized spacial score (nSPS) is 10.8. The molecule has 0 spiro atoms. The zero-order valence-corrected chi connectivity index (χ0v) is 10.6. The van der Waals surface area contributed by atoms with Gasteiger partial charge in [0.25, 0.3) is 0 Å². The highest BCUT2D eigenvalue weighted by molar-refractivity contribution is 5.66. The Hall–Kier alpha value is -1.77. The SMILES string of the molecule is CCCn1nc(O)c(C)c1-c1cccc(C)c1. The van der Waals surface area contributed by atoms with Crippen molar-refractivity contribution < 1.29 is 5.11 Å². The smallest absolute Gasteiger partial charge is 0.233 e. The highest BCUT2D eigenvalue weighted by Gasteiger charge is 2.14. The first kappa shape index (κ1) is 11.7. The fraction of sp³-hybridized carbons (Fsp3) is 0.357. The summed E-state index contributed by atoms with van der Waals surface area (Å²) in [6.45, 7) is 6.91. The zero-order valence-electron chi connectivity index (χ0n) is 10.6. The van der Waals surface area contributed by atoms with Gasteiger partial charge in [-0.05, 0) is 26.3 Å². The van der Waals surface area contributed by atoms with Crippen LogP contribution in [0.2, 0.25) is 0 Å². The number of nitrogens with zero attached hydrogens (tertiary/aromatic N) is 2. The second-order valence-electron chi connectivity index (χ2n) is 4.39. The van der Waals surface area contributed by atoms with Gasteiger partial charge in [-0.3, -0.25) is 4.68 Å². The molecule has 3 heteroatoms. The predicted molar refractivity (Wildman–Crippen MR) is 69.1 cm³/mol. The fourth-order valence-electron chi connectivity index (χ4n) is 2.07. The minimum absolute atomic E-state index is 0.134. The summed E-state index contributed by atoms with van der Waals surface area (Å²) in [5, 5.41) is 13.9. The van der Waals surface area contributed by atoms with Gasteiger partial charge in [-0.15, -0.1) is 5.10 Å². The van der Waals surface area contributed by atoms with Crippen molar-refractivity contribution in [1.29, 1.82) is 0 Å². The number of hydrogen-bond acceptors (Lipinski definition) is 2. The molecule has 1 N–H and O–H groups in total. The van der Waals surface area contributed by atoms with E-state index in [0.29, 0.717) is 0 Å². The highest BCUT2D eigenvalue weighted by atomic mass is 16.3. The van der Waals surface area contributed by atoms with Gasteiger partial charge in [0.1, 0.15) is 0 Å². The van der Waals surface area contributed by atoms with Crippen LogP contribution >= 0.6 is 0 Å². The summed E-state index contributed by atoms with van der Waals surface area (Å²) in [5.74, 6) is 0.134. The van der Waals surface area contributed by atoms with Gasteiger partial charge in [0.05, 0.1) is 5.69 Å². The molecule has 0 saturated heterocycles. The van der Waals surface area contributed by atoms with Crippen molar-refractivity contribution in [2.45, 2.75) is 33.7 Å². The molecule has 1 aromatic heterocycles. The first-order chi connectivity index (χ1) is 8.13. The van der Waals surface area contributed by atoms with E-state index in [1.807, 2.05) is 17.7 Å². The van der Waals surface area contributed by atoms with E-state index >= 15 is 0 Å². The van der Waals surface area contributed by atoms with E-state index in [-0.39, 0.29) is 5.88 Å². The molecule has 0 unspecified atom stereocenters. The predicted octanol–water partition coefficient (Wildman–Crippen LogP) is 3.28. The first-order valence-electron chi connectivity index (χ1n) is 5.97. The lowest BCUT2D eigenvalue weighted by atomic mass is 10.1. The third-order valence-corrected chi connectivity index (χ3v) is 2.89. The molecule has 90 valence electrons. The van der Waals surface area contributed by atoms with E-state index < -0.39 is 0 Å². The van der Waals surface area contributed by atoms with Gasteiger partial charge in [0.15, 0.2) is 0 Å². The quantitative estimate of drug-likeness (QED) is 0.878. The number of hydrogen-bond donors (Lipinski definition) is 1. The largest absolute Gasteiger partial charge is 0.492 e. The Labute approximate surface area is 102 Å². The average Bonchev–Trinajstić information content (AvgIpc) is 2.55. The summed E-state index contributed by atoms with van der Waals surface area (Å²) in [7, 11) is 0. The minimum atomic E-state index is 0.134. The van der Waals surface area contributed by atoms with Crippen LogP contribution < -0.4 is 0 Å². The maximum absolute atomic E-state index is 9.75. The van der Waals surface area contributed by atoms with Crippen LogP contribution in [0.3, 0.4) is 0 Å². The summed E-state index contributed by atoms with van der Waals surface area (Å²) in [6, 6.07) is 8.28. The topological polar surface area (TPSA) is 38.0 Å². The van der Waals surface area contributed by atoms with E-state index in [1.54, 1.807) is 0 Å². The molecule has 0 aliphatic carbocycles. The van der Waals surface area contributed by atoms with Crippen LogP contribution in [0.25, 0.3) is 11.3 Å². The Morgan fingerprint density at radius 1 is 1.29 bits per heavy atom. The number of aromatic nitrogens is 2. The van der Waals surface area contributed by atoms with E-state index in [1.165, 1.54) is 5.56 Å². The van der Waals surface area contributed by atoms with Gasteiger partial charge < -0.3 is 5.11 Å². The van der Waals surface area contributed by atoms with Crippen molar-refractivity contribution in [2.24, 2.45) is 0 Å². The number of benzene rings is 1. The molecule has 0 bridgehead atoms. The Morgan fingerprint density at radius 3 is 2.71 bits per heavy atom. The Kier molecular flexibility index (Phi) is 3.18. The van der Waals surface area contributed by atoms with Crippen LogP contribution in [0.4, 0.5) is 0 Å². The molecule has 0 atom stereocenters. The van der Waals surface area contributed by atoms with Gasteiger partial charge in [-0.2, -0.15) is 0 Å². The zero-order chi connectivity index (χ0) is 12.4. The summed E-state index contributed by atoms with van der Waals surface area (Å²) in [5.41, 5.74) is 4.20. The van der Waals surface area contributed by atoms with Gasteiger partial charge in [0.2, 0.25) is 5.88 Å². The van der Waals surface area contributed by atoms with Crippen LogP contribution in [0.1, 0.15) is 24.5 Å². The first-order valence-corrected chi connectivity index (χ1v) is 5.97. The molecule has 0 aliphatic heterocycles. The second-order valence-corrected chi connectivity index (χ2v) is 4.39. The average molecular weight is 230 g/mol. The van der Waals surface area contributed by atoms with Gasteiger partial charge in [-0.1, -0.05) is 30.7 Å². The maximum atomic E-state index is 9.75. The van der Waals surface area contributed by atoms with E-state index in [4.69, 9.17) is 0 Å². The number of aryl methyl sites for hydroxylation is 2. The van der Waals surface area contributed by atoms with Crippen molar-refractivity contribution in [3.63, 3.8) is 0 Å². The highest BCUT2D eigenvalue weighted by Crippen LogP contribution is 2.29. The number of aromatic hydroxyl groups is 1. The lowest BCUT2D eigenvalue weighted by Crippen LogP contribution is -2.01. The molecular formula is C14H18N2O. The third kappa shape index (κ3) is 2.18. The molecule has 0 aliphatic rings. The summed E-state index contributed by atoms with van der Waals surface area (Å²) >= 11 is 0. The second kappa shape index (κ2) is 4.62. The van der Waals surface area contributed by atoms with Gasteiger partial charge in [-0.25, -0.2) is 0 Å². The van der Waals surface area contributed by atoms with Crippen molar-refractivity contribution in [2.75, 3.05) is 0 Å². The Morgan fingerprint density at radius 2 is 2.06 bits per heavy atom. The molecule has 0 amide bonds. The number of rotatable bonds is 3. The van der Waals surface area contributed by atoms with Crippen molar-refractivity contribution in [3.05, 3.63) is 35.4 Å². The lowest BCUT2D eigenvalue weighted by Gasteiger charge is -2.07. The Bertz CT molecular complexity index is 529. The van der Waals surface area contributed by atoms with Crippen molar-refractivity contribution >= 4 is 0 Å². The van der Waals surface area contributed by atoms with Crippen LogP contribution in [0.5, 0.6) is 5.88 Å². The van der Waals surface area contributed by atoms with Crippen molar-refractivity contribution in [3.8, 4) is 17.1 Å². The molecule has 2 aromatic rings. The Balaban J connectivity index is 2.57. The van der Waals surface area contributed by atoms with Crippen molar-refractivity contribution in [1.82, 2.24) is 9.78 Å². The van der Waals surface area contributed by atoms with Gasteiger partial charge in [0, 0.05) is 17.7 Å². The molecule has 1 heterocycles.